The molecule has 134 valence electrons. The zero-order valence-electron chi connectivity index (χ0n) is 14.3. The molecule has 0 amide bonds. The van der Waals surface area contributed by atoms with Crippen molar-refractivity contribution in [2.75, 3.05) is 19.6 Å². The Morgan fingerprint density at radius 2 is 2.20 bits per heavy atom. The predicted molar refractivity (Wildman–Crippen MR) is 104 cm³/mol. The Labute approximate surface area is 161 Å². The molecular formula is C17H22BrClN6. The van der Waals surface area contributed by atoms with Crippen molar-refractivity contribution in [3.63, 3.8) is 0 Å². The SMILES string of the molecule is Cc1cc(Br)cn2c(CN3CCNCC3c3nccn3C)cnc12.Cl. The fourth-order valence-corrected chi connectivity index (χ4v) is 4.03. The number of rotatable bonds is 3. The Kier molecular flexibility index (Phi) is 5.48. The Morgan fingerprint density at radius 1 is 1.36 bits per heavy atom. The van der Waals surface area contributed by atoms with Gasteiger partial charge in [0, 0.05) is 56.3 Å². The second kappa shape index (κ2) is 7.45. The maximum Gasteiger partial charge on any atom is 0.139 e. The van der Waals surface area contributed by atoms with E-state index in [1.807, 2.05) is 18.6 Å². The fourth-order valence-electron chi connectivity index (χ4n) is 3.48. The topological polar surface area (TPSA) is 50.4 Å². The minimum atomic E-state index is 0. The van der Waals surface area contributed by atoms with E-state index in [4.69, 9.17) is 0 Å². The van der Waals surface area contributed by atoms with Gasteiger partial charge in [-0.25, -0.2) is 9.97 Å². The highest BCUT2D eigenvalue weighted by molar-refractivity contribution is 9.10. The third-order valence-electron chi connectivity index (χ3n) is 4.71. The van der Waals surface area contributed by atoms with Gasteiger partial charge in [-0.2, -0.15) is 0 Å². The number of pyridine rings is 1. The molecule has 1 saturated heterocycles. The van der Waals surface area contributed by atoms with Crippen LogP contribution in [0.4, 0.5) is 0 Å². The molecule has 0 aliphatic carbocycles. The molecule has 8 heteroatoms. The molecule has 4 heterocycles. The molecule has 4 rings (SSSR count). The smallest absolute Gasteiger partial charge is 0.139 e. The number of nitrogens with zero attached hydrogens (tertiary/aromatic N) is 5. The van der Waals surface area contributed by atoms with E-state index in [1.54, 1.807) is 0 Å². The van der Waals surface area contributed by atoms with Crippen LogP contribution in [0.1, 0.15) is 23.1 Å². The molecule has 0 saturated carbocycles. The first-order valence-electron chi connectivity index (χ1n) is 8.17. The van der Waals surface area contributed by atoms with Gasteiger partial charge >= 0.3 is 0 Å². The molecule has 1 unspecified atom stereocenters. The average molecular weight is 426 g/mol. The monoisotopic (exact) mass is 424 g/mol. The van der Waals surface area contributed by atoms with E-state index in [9.17, 15) is 0 Å². The van der Waals surface area contributed by atoms with Gasteiger partial charge in [0.1, 0.15) is 11.5 Å². The van der Waals surface area contributed by atoms with Gasteiger partial charge in [0.2, 0.25) is 0 Å². The minimum Gasteiger partial charge on any atom is -0.337 e. The van der Waals surface area contributed by atoms with Gasteiger partial charge < -0.3 is 14.3 Å². The molecule has 0 aromatic carbocycles. The largest absolute Gasteiger partial charge is 0.337 e. The molecule has 1 aliphatic heterocycles. The summed E-state index contributed by atoms with van der Waals surface area (Å²) in [5, 5.41) is 3.49. The van der Waals surface area contributed by atoms with Crippen molar-refractivity contribution in [1.82, 2.24) is 29.2 Å². The fraction of sp³-hybridized carbons (Fsp3) is 0.412. The first-order chi connectivity index (χ1) is 11.6. The summed E-state index contributed by atoms with van der Waals surface area (Å²) in [5.41, 5.74) is 3.41. The lowest BCUT2D eigenvalue weighted by atomic mass is 10.1. The standard InChI is InChI=1S/C17H21BrN6.ClH/c1-12-7-13(18)10-24-14(8-21-16(12)24)11-23-6-3-19-9-15(23)17-20-4-5-22(17)2;/h4-5,7-8,10,15,19H,3,6,9,11H2,1-2H3;1H. The Bertz CT molecular complexity index is 873. The molecule has 3 aromatic heterocycles. The van der Waals surface area contributed by atoms with Crippen LogP contribution in [-0.4, -0.2) is 43.5 Å². The molecule has 0 bridgehead atoms. The maximum absolute atomic E-state index is 4.61. The highest BCUT2D eigenvalue weighted by Gasteiger charge is 2.27. The molecular weight excluding hydrogens is 404 g/mol. The van der Waals surface area contributed by atoms with Crippen LogP contribution in [0.5, 0.6) is 0 Å². The summed E-state index contributed by atoms with van der Waals surface area (Å²) in [6.07, 6.45) is 7.97. The van der Waals surface area contributed by atoms with Crippen LogP contribution in [0, 0.1) is 6.92 Å². The predicted octanol–water partition coefficient (Wildman–Crippen LogP) is 2.71. The van der Waals surface area contributed by atoms with E-state index < -0.39 is 0 Å². The summed E-state index contributed by atoms with van der Waals surface area (Å²) in [7, 11) is 2.06. The highest BCUT2D eigenvalue weighted by atomic mass is 79.9. The van der Waals surface area contributed by atoms with Crippen LogP contribution >= 0.6 is 28.3 Å². The zero-order valence-corrected chi connectivity index (χ0v) is 16.7. The van der Waals surface area contributed by atoms with Crippen molar-refractivity contribution >= 4 is 34.0 Å². The van der Waals surface area contributed by atoms with Crippen molar-refractivity contribution in [3.05, 3.63) is 52.4 Å². The second-order valence-corrected chi connectivity index (χ2v) is 7.29. The van der Waals surface area contributed by atoms with Gasteiger partial charge in [-0.1, -0.05) is 0 Å². The van der Waals surface area contributed by atoms with Crippen molar-refractivity contribution in [2.24, 2.45) is 7.05 Å². The van der Waals surface area contributed by atoms with Gasteiger partial charge in [-0.3, -0.25) is 4.90 Å². The molecule has 0 spiro atoms. The number of hydrogen-bond acceptors (Lipinski definition) is 4. The lowest BCUT2D eigenvalue weighted by molar-refractivity contribution is 0.142. The lowest BCUT2D eigenvalue weighted by Crippen LogP contribution is -2.46. The lowest BCUT2D eigenvalue weighted by Gasteiger charge is -2.35. The Hall–Kier alpha value is -1.41. The molecule has 1 N–H and O–H groups in total. The van der Waals surface area contributed by atoms with Crippen molar-refractivity contribution in [3.8, 4) is 0 Å². The normalized spacial score (nSPS) is 18.4. The van der Waals surface area contributed by atoms with Crippen LogP contribution in [0.25, 0.3) is 5.65 Å². The Balaban J connectivity index is 0.00000182. The van der Waals surface area contributed by atoms with E-state index in [0.29, 0.717) is 0 Å². The van der Waals surface area contributed by atoms with E-state index in [0.717, 1.165) is 42.1 Å². The molecule has 25 heavy (non-hydrogen) atoms. The highest BCUT2D eigenvalue weighted by Crippen LogP contribution is 2.24. The summed E-state index contributed by atoms with van der Waals surface area (Å²) in [6.45, 7) is 5.87. The Morgan fingerprint density at radius 3 is 2.96 bits per heavy atom. The number of imidazole rings is 2. The number of nitrogens with one attached hydrogen (secondary N) is 1. The average Bonchev–Trinajstić information content (AvgIpc) is 3.15. The van der Waals surface area contributed by atoms with Gasteiger partial charge in [-0.05, 0) is 34.5 Å². The van der Waals surface area contributed by atoms with Crippen molar-refractivity contribution < 1.29 is 0 Å². The van der Waals surface area contributed by atoms with E-state index in [-0.39, 0.29) is 18.4 Å². The number of fused-ring (bicyclic) bond motifs is 1. The van der Waals surface area contributed by atoms with E-state index in [1.165, 1.54) is 11.3 Å². The first-order valence-corrected chi connectivity index (χ1v) is 8.97. The molecule has 1 fully saturated rings. The van der Waals surface area contributed by atoms with E-state index in [2.05, 4.69) is 71.3 Å². The molecule has 6 nitrogen and oxygen atoms in total. The summed E-state index contributed by atoms with van der Waals surface area (Å²) in [4.78, 5) is 11.7. The van der Waals surface area contributed by atoms with Crippen molar-refractivity contribution in [2.45, 2.75) is 19.5 Å². The van der Waals surface area contributed by atoms with Crippen molar-refractivity contribution in [1.29, 1.82) is 0 Å². The summed E-state index contributed by atoms with van der Waals surface area (Å²) < 4.78 is 5.38. The third-order valence-corrected chi connectivity index (χ3v) is 5.14. The number of aryl methyl sites for hydroxylation is 2. The van der Waals surface area contributed by atoms with E-state index >= 15 is 0 Å². The van der Waals surface area contributed by atoms with Gasteiger partial charge in [-0.15, -0.1) is 12.4 Å². The number of hydrogen-bond donors (Lipinski definition) is 1. The quantitative estimate of drug-likeness (QED) is 0.701. The van der Waals surface area contributed by atoms with Crippen LogP contribution < -0.4 is 5.32 Å². The molecule has 0 radical (unpaired) electrons. The number of halogens is 2. The molecule has 1 aliphatic rings. The summed E-state index contributed by atoms with van der Waals surface area (Å²) in [6, 6.07) is 2.38. The number of aromatic nitrogens is 4. The van der Waals surface area contributed by atoms with Crippen LogP contribution in [0.15, 0.2) is 35.3 Å². The maximum atomic E-state index is 4.61. The summed E-state index contributed by atoms with van der Waals surface area (Å²) >= 11 is 3.59. The molecule has 3 aromatic rings. The van der Waals surface area contributed by atoms with Crippen LogP contribution in [0.2, 0.25) is 0 Å². The third kappa shape index (κ3) is 3.46. The van der Waals surface area contributed by atoms with Gasteiger partial charge in [0.25, 0.3) is 0 Å². The van der Waals surface area contributed by atoms with Crippen LogP contribution in [-0.2, 0) is 13.6 Å². The zero-order chi connectivity index (χ0) is 16.7. The number of piperazine rings is 1. The van der Waals surface area contributed by atoms with Gasteiger partial charge in [0.05, 0.1) is 17.9 Å². The van der Waals surface area contributed by atoms with Gasteiger partial charge in [0.15, 0.2) is 0 Å². The molecule has 1 atom stereocenters. The minimum absolute atomic E-state index is 0. The summed E-state index contributed by atoms with van der Waals surface area (Å²) in [5.74, 6) is 1.10. The first kappa shape index (κ1) is 18.4. The second-order valence-electron chi connectivity index (χ2n) is 6.37. The van der Waals surface area contributed by atoms with Crippen LogP contribution in [0.3, 0.4) is 0 Å².